The van der Waals surface area contributed by atoms with Gasteiger partial charge in [0.1, 0.15) is 18.3 Å². The Kier molecular flexibility index (Phi) is 7.56. The van der Waals surface area contributed by atoms with Crippen LogP contribution in [-0.4, -0.2) is 47.9 Å². The van der Waals surface area contributed by atoms with E-state index in [0.29, 0.717) is 12.8 Å². The number of rotatable bonds is 4. The molecule has 4 atom stereocenters. The summed E-state index contributed by atoms with van der Waals surface area (Å²) in [4.78, 5) is 36.1. The normalized spacial score (nSPS) is 31.6. The van der Waals surface area contributed by atoms with E-state index in [1.807, 2.05) is 13.0 Å². The molecule has 158 valence electrons. The molecule has 7 heteroatoms. The molecule has 7 nitrogen and oxygen atoms in total. The molecule has 0 bridgehead atoms. The van der Waals surface area contributed by atoms with Gasteiger partial charge >= 0.3 is 17.9 Å². The number of aliphatic hydroxyl groups is 1. The average molecular weight is 404 g/mol. The Labute approximate surface area is 170 Å². The highest BCUT2D eigenvalue weighted by molar-refractivity contribution is 5.92. The van der Waals surface area contributed by atoms with Crippen LogP contribution in [0.1, 0.15) is 40.5 Å². The minimum Gasteiger partial charge on any atom is -0.458 e. The van der Waals surface area contributed by atoms with E-state index in [4.69, 9.17) is 19.3 Å². The number of aliphatic hydroxyl groups excluding tert-OH is 1. The van der Waals surface area contributed by atoms with Crippen LogP contribution in [0.2, 0.25) is 0 Å². The van der Waals surface area contributed by atoms with Gasteiger partial charge in [0.2, 0.25) is 0 Å². The van der Waals surface area contributed by atoms with Gasteiger partial charge in [-0.25, -0.2) is 9.59 Å². The van der Waals surface area contributed by atoms with E-state index in [0.717, 1.165) is 11.1 Å². The topological polar surface area (TPSA) is 99.1 Å². The lowest BCUT2D eigenvalue weighted by Gasteiger charge is -2.28. The molecule has 0 spiro atoms. The van der Waals surface area contributed by atoms with Crippen LogP contribution in [0.15, 0.2) is 47.1 Å². The maximum atomic E-state index is 12.4. The summed E-state index contributed by atoms with van der Waals surface area (Å²) in [5, 5.41) is 9.01. The first-order valence-electron chi connectivity index (χ1n) is 9.53. The summed E-state index contributed by atoms with van der Waals surface area (Å²) < 4.78 is 16.6. The SMILES string of the molecule is C=C1C(=O)O[C@@H]2/C=C(/C)[C@@H](OC(C)=O)C/C=C(/C)C[C@@H](OC(=O)/C(C)=C\CO)[C@@H]12. The van der Waals surface area contributed by atoms with Crippen LogP contribution in [0, 0.1) is 5.92 Å². The van der Waals surface area contributed by atoms with E-state index in [1.54, 1.807) is 19.9 Å². The first kappa shape index (κ1) is 22.6. The Balaban J connectivity index is 2.42. The third-order valence-corrected chi connectivity index (χ3v) is 5.09. The number of fused-ring (bicyclic) bond motifs is 1. The van der Waals surface area contributed by atoms with Gasteiger partial charge in [0.05, 0.1) is 12.5 Å². The number of carbonyl (C=O) groups excluding carboxylic acids is 3. The zero-order valence-electron chi connectivity index (χ0n) is 17.3. The molecule has 1 heterocycles. The van der Waals surface area contributed by atoms with Crippen LogP contribution >= 0.6 is 0 Å². The molecule has 1 N–H and O–H groups in total. The molecular formula is C22H28O7. The Morgan fingerprint density at radius 2 is 2.00 bits per heavy atom. The van der Waals surface area contributed by atoms with Gasteiger partial charge < -0.3 is 19.3 Å². The van der Waals surface area contributed by atoms with Crippen molar-refractivity contribution in [2.24, 2.45) is 5.92 Å². The number of ether oxygens (including phenoxy) is 3. The third kappa shape index (κ3) is 5.67. The molecular weight excluding hydrogens is 376 g/mol. The Morgan fingerprint density at radius 3 is 2.62 bits per heavy atom. The third-order valence-electron chi connectivity index (χ3n) is 5.09. The zero-order valence-corrected chi connectivity index (χ0v) is 17.3. The van der Waals surface area contributed by atoms with E-state index in [2.05, 4.69) is 6.58 Å². The lowest BCUT2D eigenvalue weighted by Crippen LogP contribution is -2.34. The van der Waals surface area contributed by atoms with Crippen LogP contribution in [0.5, 0.6) is 0 Å². The summed E-state index contributed by atoms with van der Waals surface area (Å²) in [5.41, 5.74) is 2.17. The predicted molar refractivity (Wildman–Crippen MR) is 106 cm³/mol. The largest absolute Gasteiger partial charge is 0.458 e. The quantitative estimate of drug-likeness (QED) is 0.333. The van der Waals surface area contributed by atoms with Gasteiger partial charge in [-0.3, -0.25) is 4.79 Å². The van der Waals surface area contributed by atoms with Gasteiger partial charge in [0.25, 0.3) is 0 Å². The monoisotopic (exact) mass is 404 g/mol. The second-order valence-corrected chi connectivity index (χ2v) is 7.43. The summed E-state index contributed by atoms with van der Waals surface area (Å²) in [7, 11) is 0. The van der Waals surface area contributed by atoms with Crippen molar-refractivity contribution >= 4 is 17.9 Å². The van der Waals surface area contributed by atoms with Gasteiger partial charge in [-0.2, -0.15) is 0 Å². The molecule has 2 rings (SSSR count). The molecule has 1 saturated heterocycles. The van der Waals surface area contributed by atoms with E-state index in [9.17, 15) is 14.4 Å². The number of esters is 3. The van der Waals surface area contributed by atoms with E-state index >= 15 is 0 Å². The van der Waals surface area contributed by atoms with Crippen molar-refractivity contribution in [3.05, 3.63) is 47.1 Å². The molecule has 1 fully saturated rings. The fourth-order valence-corrected chi connectivity index (χ4v) is 3.48. The molecule has 1 aliphatic carbocycles. The number of carbonyl (C=O) groups is 3. The first-order chi connectivity index (χ1) is 13.6. The minimum absolute atomic E-state index is 0.234. The summed E-state index contributed by atoms with van der Waals surface area (Å²) in [6.07, 6.45) is 4.05. The van der Waals surface area contributed by atoms with Gasteiger partial charge in [-0.05, 0) is 38.5 Å². The van der Waals surface area contributed by atoms with Gasteiger partial charge in [0, 0.05) is 30.9 Å². The van der Waals surface area contributed by atoms with Crippen molar-refractivity contribution in [1.29, 1.82) is 0 Å². The highest BCUT2D eigenvalue weighted by Crippen LogP contribution is 2.36. The fourth-order valence-electron chi connectivity index (χ4n) is 3.48. The Morgan fingerprint density at radius 1 is 1.31 bits per heavy atom. The predicted octanol–water partition coefficient (Wildman–Crippen LogP) is 2.55. The molecule has 2 aliphatic rings. The Bertz CT molecular complexity index is 787. The van der Waals surface area contributed by atoms with E-state index < -0.39 is 42.1 Å². The van der Waals surface area contributed by atoms with Gasteiger partial charge in [0.15, 0.2) is 0 Å². The van der Waals surface area contributed by atoms with Crippen LogP contribution in [0.4, 0.5) is 0 Å². The molecule has 0 aromatic rings. The highest BCUT2D eigenvalue weighted by atomic mass is 16.6. The van der Waals surface area contributed by atoms with Gasteiger partial charge in [-0.15, -0.1) is 0 Å². The van der Waals surface area contributed by atoms with Crippen LogP contribution in [0.3, 0.4) is 0 Å². The Hall–Kier alpha value is -2.67. The minimum atomic E-state index is -0.682. The molecule has 29 heavy (non-hydrogen) atoms. The fraction of sp³-hybridized carbons (Fsp3) is 0.500. The molecule has 1 aliphatic heterocycles. The molecule has 0 aromatic carbocycles. The smallest absolute Gasteiger partial charge is 0.334 e. The van der Waals surface area contributed by atoms with Crippen molar-refractivity contribution in [2.75, 3.05) is 6.61 Å². The summed E-state index contributed by atoms with van der Waals surface area (Å²) >= 11 is 0. The lowest BCUT2D eigenvalue weighted by atomic mass is 9.85. The van der Waals surface area contributed by atoms with Crippen molar-refractivity contribution in [3.8, 4) is 0 Å². The molecule has 0 radical (unpaired) electrons. The number of hydrogen-bond acceptors (Lipinski definition) is 7. The van der Waals surface area contributed by atoms with Crippen molar-refractivity contribution in [1.82, 2.24) is 0 Å². The van der Waals surface area contributed by atoms with Gasteiger partial charge in [-0.1, -0.05) is 18.2 Å². The number of hydrogen-bond donors (Lipinski definition) is 1. The van der Waals surface area contributed by atoms with E-state index in [-0.39, 0.29) is 17.8 Å². The molecule has 0 amide bonds. The van der Waals surface area contributed by atoms with Crippen molar-refractivity contribution in [2.45, 2.75) is 58.8 Å². The second kappa shape index (κ2) is 9.69. The molecule has 0 unspecified atom stereocenters. The highest BCUT2D eigenvalue weighted by Gasteiger charge is 2.44. The average Bonchev–Trinajstić information content (AvgIpc) is 2.90. The van der Waals surface area contributed by atoms with Crippen molar-refractivity contribution < 1.29 is 33.7 Å². The molecule has 0 saturated carbocycles. The summed E-state index contributed by atoms with van der Waals surface area (Å²) in [6, 6.07) is 0. The maximum Gasteiger partial charge on any atom is 0.334 e. The van der Waals surface area contributed by atoms with Crippen LogP contribution < -0.4 is 0 Å². The van der Waals surface area contributed by atoms with Crippen molar-refractivity contribution in [3.63, 3.8) is 0 Å². The summed E-state index contributed by atoms with van der Waals surface area (Å²) in [6.45, 7) is 10.2. The second-order valence-electron chi connectivity index (χ2n) is 7.43. The van der Waals surface area contributed by atoms with Crippen LogP contribution in [-0.2, 0) is 28.6 Å². The van der Waals surface area contributed by atoms with Crippen LogP contribution in [0.25, 0.3) is 0 Å². The first-order valence-corrected chi connectivity index (χ1v) is 9.53. The lowest BCUT2D eigenvalue weighted by molar-refractivity contribution is -0.148. The molecule has 0 aromatic heterocycles. The van der Waals surface area contributed by atoms with E-state index in [1.165, 1.54) is 13.0 Å². The summed E-state index contributed by atoms with van der Waals surface area (Å²) in [5.74, 6) is -2.08. The zero-order chi connectivity index (χ0) is 21.7. The standard InChI is InChI=1S/C22H28O7/c1-12-6-7-17(27-16(5)24)14(3)11-19-20(15(4)22(26)29-19)18(10-12)28-21(25)13(2)8-9-23/h6,8,11,17-20,23H,4,7,9-10H2,1-3,5H3/b12-6-,13-8-,14-11-/t17-,18+,19+,20+/m0/s1. The maximum absolute atomic E-state index is 12.4.